The van der Waals surface area contributed by atoms with E-state index < -0.39 is 35.3 Å². The number of amides is 5. The van der Waals surface area contributed by atoms with Crippen molar-refractivity contribution in [3.05, 3.63) is 103 Å². The van der Waals surface area contributed by atoms with E-state index in [1.807, 2.05) is 163 Å². The van der Waals surface area contributed by atoms with Crippen molar-refractivity contribution in [2.24, 2.45) is 45.3 Å². The summed E-state index contributed by atoms with van der Waals surface area (Å²) in [6.07, 6.45) is 15.5. The van der Waals surface area contributed by atoms with Gasteiger partial charge in [-0.25, -0.2) is 33.6 Å². The van der Waals surface area contributed by atoms with Crippen LogP contribution in [0.2, 0.25) is 0 Å². The molecule has 29 heteroatoms. The van der Waals surface area contributed by atoms with Crippen molar-refractivity contribution in [2.45, 2.75) is 248 Å². The van der Waals surface area contributed by atoms with Gasteiger partial charge in [-0.3, -0.25) is 14.4 Å². The number of ether oxygens (including phenoxy) is 8. The van der Waals surface area contributed by atoms with Crippen LogP contribution in [0.1, 0.15) is 220 Å². The second-order valence-electron chi connectivity index (χ2n) is 38.4. The number of hydrogen-bond donors (Lipinski definition) is 2. The summed E-state index contributed by atoms with van der Waals surface area (Å²) in [4.78, 5) is 124. The van der Waals surface area contributed by atoms with E-state index in [0.717, 1.165) is 103 Å². The molecule has 4 spiro atoms. The molecule has 13 rings (SSSR count). The zero-order valence-electron chi connectivity index (χ0n) is 76.3. The summed E-state index contributed by atoms with van der Waals surface area (Å²) in [5.41, 5.74) is 0.230. The van der Waals surface area contributed by atoms with Gasteiger partial charge in [0, 0.05) is 90.2 Å². The number of piperidine rings is 6. The van der Waals surface area contributed by atoms with E-state index >= 15 is 0 Å². The molecule has 4 saturated carbocycles. The van der Waals surface area contributed by atoms with Crippen molar-refractivity contribution in [1.29, 1.82) is 0 Å². The third-order valence-corrected chi connectivity index (χ3v) is 27.7. The first kappa shape index (κ1) is 106. The molecule has 3 aromatic carbocycles. The predicted octanol–water partition coefficient (Wildman–Crippen LogP) is 12.7. The first-order chi connectivity index (χ1) is 55.1. The van der Waals surface area contributed by atoms with Gasteiger partial charge in [0.25, 0.3) is 0 Å². The molecule has 6 aliphatic heterocycles. The van der Waals surface area contributed by atoms with Crippen LogP contribution in [-0.2, 0) is 61.9 Å². The number of ketones is 1. The van der Waals surface area contributed by atoms with Gasteiger partial charge in [0.05, 0.1) is 33.2 Å². The second-order valence-corrected chi connectivity index (χ2v) is 41.6. The molecule has 5 amide bonds. The van der Waals surface area contributed by atoms with Gasteiger partial charge < -0.3 is 78.3 Å². The number of rotatable bonds is 7. The maximum absolute atomic E-state index is 12.3. The molecule has 3 N–H and O–H groups in total. The number of aliphatic carboxylic acids is 1. The summed E-state index contributed by atoms with van der Waals surface area (Å²) >= 11 is 0. The number of nitrogens with one attached hydrogen (secondary N) is 1. The molecule has 4 aliphatic carbocycles. The number of Topliss-reactive ketones (excluding diaryl/α,β-unsaturated/α-hetero) is 1. The number of hydrogen-bond acceptors (Lipinski definition) is 20. The topological polar surface area (TPSA) is 323 Å². The average molecular weight is 1720 g/mol. The summed E-state index contributed by atoms with van der Waals surface area (Å²) < 4.78 is 40.9. The van der Waals surface area contributed by atoms with Gasteiger partial charge in [0.2, 0.25) is 0 Å². The van der Waals surface area contributed by atoms with Crippen LogP contribution in [0, 0.1) is 45.3 Å². The number of carboxylic acids is 1. The molecular formula is C92H141ClLiN6O20P. The Balaban J connectivity index is 0.000000299. The minimum Gasteiger partial charge on any atom is -0.870 e. The van der Waals surface area contributed by atoms with E-state index in [1.165, 1.54) is 66.2 Å². The number of carbonyl (C=O) groups excluding carboxylic acids is 9. The van der Waals surface area contributed by atoms with E-state index in [-0.39, 0.29) is 119 Å². The number of halogens is 1. The Hall–Kier alpha value is -7.59. The fourth-order valence-electron chi connectivity index (χ4n) is 16.2. The Morgan fingerprint density at radius 1 is 0.405 bits per heavy atom. The molecule has 10 fully saturated rings. The van der Waals surface area contributed by atoms with Crippen LogP contribution >= 0.6 is 19.3 Å². The van der Waals surface area contributed by atoms with E-state index in [0.29, 0.717) is 83.5 Å². The van der Waals surface area contributed by atoms with Crippen molar-refractivity contribution < 1.29 is 115 Å². The van der Waals surface area contributed by atoms with Gasteiger partial charge in [0.1, 0.15) is 33.8 Å². The number of methoxy groups -OCH3 is 3. The molecule has 10 aliphatic rings. The molecule has 0 radical (unpaired) electrons. The molecule has 121 heavy (non-hydrogen) atoms. The van der Waals surface area contributed by atoms with Crippen molar-refractivity contribution >= 4 is 101 Å². The number of benzene rings is 3. The molecule has 26 nitrogen and oxygen atoms in total. The Morgan fingerprint density at radius 3 is 0.942 bits per heavy atom. The van der Waals surface area contributed by atoms with E-state index in [9.17, 15) is 47.9 Å². The molecule has 6 saturated heterocycles. The first-order valence-electron chi connectivity index (χ1n) is 42.3. The Labute approximate surface area is 738 Å². The Morgan fingerprint density at radius 2 is 0.678 bits per heavy atom. The molecule has 0 aromatic heterocycles. The van der Waals surface area contributed by atoms with Crippen molar-refractivity contribution in [2.75, 3.05) is 99.9 Å². The number of carboxylic acid groups (broad SMARTS) is 1. The third kappa shape index (κ3) is 32.8. The van der Waals surface area contributed by atoms with Crippen LogP contribution in [0.5, 0.6) is 0 Å². The maximum Gasteiger partial charge on any atom is 1.00 e. The average Bonchev–Trinajstić information content (AvgIpc) is 1.65. The number of likely N-dealkylation sites (tertiary alicyclic amines) is 5. The molecule has 672 valence electrons. The summed E-state index contributed by atoms with van der Waals surface area (Å²) in [5, 5.41) is 15.8. The smallest absolute Gasteiger partial charge is 0.870 e. The fourth-order valence-corrected chi connectivity index (χ4v) is 19.9. The quantitative estimate of drug-likeness (QED) is 0.0729. The van der Waals surface area contributed by atoms with E-state index in [4.69, 9.17) is 38.3 Å². The van der Waals surface area contributed by atoms with Crippen LogP contribution in [-0.4, -0.2) is 229 Å². The van der Waals surface area contributed by atoms with Gasteiger partial charge >= 0.3 is 73.2 Å². The van der Waals surface area contributed by atoms with Crippen LogP contribution in [0.15, 0.2) is 103 Å². The Kier molecular flexibility index (Phi) is 39.6. The minimum absolute atomic E-state index is 0. The van der Waals surface area contributed by atoms with Gasteiger partial charge in [-0.2, -0.15) is 0 Å². The number of nitrogens with zero attached hydrogens (tertiary/aromatic N) is 5. The van der Waals surface area contributed by atoms with Gasteiger partial charge in [-0.05, 0) is 263 Å². The maximum atomic E-state index is 12.3. The van der Waals surface area contributed by atoms with Crippen molar-refractivity contribution in [3.63, 3.8) is 0 Å². The Bertz CT molecular complexity index is 3850. The SMILES string of the molecule is CC(C)(C)OC(=O)N1CCC(=O)CC1.CC(C)(C)OC(=O)N1CCC2(CC1)CC2C(=O)O.CC1CC12CCN(C(=O)OC(C)(C)C)CC2.CC1CC12CCNCC2.COC(=O)C1CC12CCN(C(=O)OC(C)(C)C)CC2.COC(=O)C=C1CCN(C(=O)OC(C)(C)C)CC1.COC(=O)C=P(c1ccccc1)(c1ccccc1)c1ccccc1.Cl.[Li+].[OH-]. The van der Waals surface area contributed by atoms with E-state index in [1.54, 1.807) is 25.4 Å². The van der Waals surface area contributed by atoms with Gasteiger partial charge in [0.15, 0.2) is 0 Å². The van der Waals surface area contributed by atoms with Gasteiger partial charge in [-0.15, -0.1) is 12.4 Å². The molecule has 3 aromatic rings. The summed E-state index contributed by atoms with van der Waals surface area (Å²) in [7, 11) is 4.22. The second kappa shape index (κ2) is 45.3. The monoisotopic (exact) mass is 1720 g/mol. The summed E-state index contributed by atoms with van der Waals surface area (Å²) in [6, 6.07) is 30.6. The molecule has 0 bridgehead atoms. The van der Waals surface area contributed by atoms with Crippen LogP contribution in [0.3, 0.4) is 0 Å². The van der Waals surface area contributed by atoms with E-state index in [2.05, 4.69) is 60.3 Å². The van der Waals surface area contributed by atoms with Crippen LogP contribution in [0.4, 0.5) is 24.0 Å². The number of esters is 3. The normalized spacial score (nSPS) is 21.1. The molecular weight excluding hydrogens is 1580 g/mol. The predicted molar refractivity (Wildman–Crippen MR) is 468 cm³/mol. The number of carbonyl (C=O) groups is 10. The standard InChI is InChI=1S/C21H19O2P.C14H23NO4.2C13H21NO4.C13H23NO2.C10H17NO3.C8H15N.ClH.Li.H2O/c1-23-21(22)17-24(18-11-5-2-6-12-18,19-13-7-3-8-14-19)20-15-9-4-10-16-20;1-13(2,3)19-12(17)15-7-5-14(6-8-15)9-10(14)11(16)18-4;1-12(2,3)18-11(17)14-6-4-13(5-7-14)8-9(13)10(15)16;1-13(2,3)18-12(16)14-7-5-10(6-8-14)9-11(15)17-4;1-10-9-13(10)5-7-14(8-6-13)11(15)16-12(2,3)4;1-10(2,3)14-9(13)11-6-4-8(12)5-7-11;1-7-6-8(7)2-4-9-5-3-8;;;/h2-17H,1H3;10H,5-9H2,1-4H3;9H,4-8H2,1-3H3,(H,15,16);9H,5-8H2,1-4H3;10H,5-9H2,1-4H3;4-7H2,1-3H3;7,9H,2-6H2,1H3;1H;;1H2/q;;;;;;;;+1;/p-1. The van der Waals surface area contributed by atoms with Gasteiger partial charge in [-0.1, -0.05) is 110 Å². The molecule has 4 unspecified atom stereocenters. The first-order valence-corrected chi connectivity index (χ1v) is 44.2. The summed E-state index contributed by atoms with van der Waals surface area (Å²) in [5.74, 6) is 2.31. The van der Waals surface area contributed by atoms with Crippen molar-refractivity contribution in [1.82, 2.24) is 29.8 Å². The molecule has 6 heterocycles. The zero-order valence-corrected chi connectivity index (χ0v) is 78.0. The van der Waals surface area contributed by atoms with Crippen molar-refractivity contribution in [3.8, 4) is 0 Å². The van der Waals surface area contributed by atoms with Crippen LogP contribution < -0.4 is 40.1 Å². The molecule has 4 atom stereocenters. The zero-order chi connectivity index (χ0) is 87.5. The minimum atomic E-state index is -2.23. The third-order valence-electron chi connectivity index (χ3n) is 23.7. The summed E-state index contributed by atoms with van der Waals surface area (Å²) in [6.45, 7) is 39.4. The van der Waals surface area contributed by atoms with Crippen LogP contribution in [0.25, 0.3) is 0 Å². The fraction of sp³-hybridized carbons (Fsp3) is 0.663. The largest absolute Gasteiger partial charge is 1.00 e.